The van der Waals surface area contributed by atoms with E-state index in [4.69, 9.17) is 9.47 Å². The summed E-state index contributed by atoms with van der Waals surface area (Å²) < 4.78 is 10.6. The first-order valence-corrected chi connectivity index (χ1v) is 6.73. The van der Waals surface area contributed by atoms with Crippen molar-refractivity contribution >= 4 is 22.8 Å². The quantitative estimate of drug-likeness (QED) is 0.318. The smallest absolute Gasteiger partial charge is 0.323 e. The van der Waals surface area contributed by atoms with Gasteiger partial charge < -0.3 is 9.47 Å². The van der Waals surface area contributed by atoms with Crippen molar-refractivity contribution < 1.29 is 19.2 Å². The first kappa shape index (κ1) is 15.6. The van der Waals surface area contributed by atoms with Crippen molar-refractivity contribution in [2.75, 3.05) is 19.8 Å². The van der Waals surface area contributed by atoms with Crippen molar-refractivity contribution in [3.05, 3.63) is 21.1 Å². The number of carbonyl (C=O) groups excluding carboxylic acids is 1. The lowest BCUT2D eigenvalue weighted by Crippen LogP contribution is -2.10. The van der Waals surface area contributed by atoms with Gasteiger partial charge >= 0.3 is 5.69 Å². The van der Waals surface area contributed by atoms with Gasteiger partial charge in [-0.25, -0.2) is 0 Å². The molecule has 6 nitrogen and oxygen atoms in total. The van der Waals surface area contributed by atoms with Crippen LogP contribution in [-0.4, -0.2) is 30.5 Å². The molecule has 1 rings (SSSR count). The third-order valence-electron chi connectivity index (χ3n) is 2.14. The molecule has 0 amide bonds. The van der Waals surface area contributed by atoms with Gasteiger partial charge in [0.2, 0.25) is 0 Å². The Morgan fingerprint density at radius 3 is 2.68 bits per heavy atom. The molecule has 0 radical (unpaired) electrons. The second kappa shape index (κ2) is 7.20. The highest BCUT2D eigenvalue weighted by molar-refractivity contribution is 7.16. The Hall–Kier alpha value is -1.47. The Balaban J connectivity index is 2.57. The minimum absolute atomic E-state index is 0.156. The fourth-order valence-electron chi connectivity index (χ4n) is 1.28. The van der Waals surface area contributed by atoms with Crippen molar-refractivity contribution in [1.82, 2.24) is 0 Å². The van der Waals surface area contributed by atoms with Crippen LogP contribution in [0.3, 0.4) is 0 Å². The number of nitrogens with zero attached hydrogens (tertiary/aromatic N) is 1. The molecule has 106 valence electrons. The molecule has 19 heavy (non-hydrogen) atoms. The summed E-state index contributed by atoms with van der Waals surface area (Å²) in [6.07, 6.45) is 0. The minimum atomic E-state index is -0.548. The van der Waals surface area contributed by atoms with Gasteiger partial charge in [-0.1, -0.05) is 25.2 Å². The molecule has 0 saturated heterocycles. The highest BCUT2D eigenvalue weighted by atomic mass is 32.1. The maximum Gasteiger partial charge on any atom is 0.323 e. The fraction of sp³-hybridized carbons (Fsp3) is 0.583. The number of ether oxygens (including phenoxy) is 2. The number of hydrogen-bond acceptors (Lipinski definition) is 6. The molecule has 0 unspecified atom stereocenters. The van der Waals surface area contributed by atoms with E-state index < -0.39 is 4.92 Å². The van der Waals surface area contributed by atoms with E-state index in [2.05, 4.69) is 0 Å². The maximum atomic E-state index is 11.2. The Bertz CT molecular complexity index is 455. The third kappa shape index (κ3) is 4.96. The molecule has 0 aliphatic rings. The number of carbonyl (C=O) groups is 1. The molecule has 0 aliphatic carbocycles. The van der Waals surface area contributed by atoms with Gasteiger partial charge in [-0.15, -0.1) is 0 Å². The summed E-state index contributed by atoms with van der Waals surface area (Å²) in [5, 5.41) is 11.0. The van der Waals surface area contributed by atoms with Gasteiger partial charge in [0, 0.05) is 12.7 Å². The second-order valence-corrected chi connectivity index (χ2v) is 5.43. The molecule has 7 heteroatoms. The normalized spacial score (nSPS) is 10.7. The van der Waals surface area contributed by atoms with Crippen molar-refractivity contribution in [2.24, 2.45) is 5.92 Å². The number of thiophene rings is 1. The Morgan fingerprint density at radius 2 is 2.16 bits per heavy atom. The molecule has 0 aliphatic heterocycles. The molecular weight excluding hydrogens is 270 g/mol. The Morgan fingerprint density at radius 1 is 1.47 bits per heavy atom. The molecule has 0 bridgehead atoms. The molecule has 0 spiro atoms. The molecule has 1 heterocycles. The SMILES string of the molecule is CC(=O)c1cc([N+](=O)[O-])c(OCCOCC(C)C)s1. The number of rotatable bonds is 8. The first-order chi connectivity index (χ1) is 8.91. The van der Waals surface area contributed by atoms with E-state index in [1.807, 2.05) is 13.8 Å². The average molecular weight is 287 g/mol. The summed E-state index contributed by atoms with van der Waals surface area (Å²) in [5.74, 6) is 0.222. The topological polar surface area (TPSA) is 78.7 Å². The van der Waals surface area contributed by atoms with Gasteiger partial charge in [0.1, 0.15) is 6.61 Å². The predicted octanol–water partition coefficient (Wildman–Crippen LogP) is 2.91. The highest BCUT2D eigenvalue weighted by Crippen LogP contribution is 2.37. The van der Waals surface area contributed by atoms with E-state index in [-0.39, 0.29) is 23.1 Å². The van der Waals surface area contributed by atoms with Crippen LogP contribution in [0, 0.1) is 16.0 Å². The second-order valence-electron chi connectivity index (χ2n) is 4.41. The summed E-state index contributed by atoms with van der Waals surface area (Å²) in [6.45, 7) is 6.64. The number of nitro groups is 1. The summed E-state index contributed by atoms with van der Waals surface area (Å²) in [4.78, 5) is 21.8. The summed E-state index contributed by atoms with van der Waals surface area (Å²) >= 11 is 0.991. The van der Waals surface area contributed by atoms with Gasteiger partial charge in [-0.05, 0) is 12.8 Å². The lowest BCUT2D eigenvalue weighted by Gasteiger charge is -2.07. The maximum absolute atomic E-state index is 11.2. The molecule has 1 aromatic rings. The van der Waals surface area contributed by atoms with Crippen molar-refractivity contribution in [3.8, 4) is 5.06 Å². The minimum Gasteiger partial charge on any atom is -0.477 e. The lowest BCUT2D eigenvalue weighted by atomic mass is 10.2. The van der Waals surface area contributed by atoms with Crippen LogP contribution in [0.25, 0.3) is 0 Å². The van der Waals surface area contributed by atoms with Gasteiger partial charge in [0.05, 0.1) is 16.4 Å². The van der Waals surface area contributed by atoms with E-state index in [1.165, 1.54) is 13.0 Å². The average Bonchev–Trinajstić information content (AvgIpc) is 2.72. The zero-order valence-electron chi connectivity index (χ0n) is 11.2. The summed E-state index contributed by atoms with van der Waals surface area (Å²) in [7, 11) is 0. The van der Waals surface area contributed by atoms with E-state index in [9.17, 15) is 14.9 Å². The number of hydrogen-bond donors (Lipinski definition) is 0. The molecule has 0 fully saturated rings. The van der Waals surface area contributed by atoms with Gasteiger partial charge in [-0.2, -0.15) is 0 Å². The van der Waals surface area contributed by atoms with E-state index in [0.29, 0.717) is 24.0 Å². The zero-order chi connectivity index (χ0) is 14.4. The van der Waals surface area contributed by atoms with Gasteiger partial charge in [0.15, 0.2) is 5.78 Å². The Labute approximate surface area is 115 Å². The summed E-state index contributed by atoms with van der Waals surface area (Å²) in [6, 6.07) is 1.25. The zero-order valence-corrected chi connectivity index (χ0v) is 12.0. The van der Waals surface area contributed by atoms with Crippen LogP contribution < -0.4 is 4.74 Å². The van der Waals surface area contributed by atoms with Gasteiger partial charge in [0.25, 0.3) is 5.06 Å². The molecule has 0 N–H and O–H groups in total. The van der Waals surface area contributed by atoms with E-state index >= 15 is 0 Å². The van der Waals surface area contributed by atoms with Crippen LogP contribution >= 0.6 is 11.3 Å². The van der Waals surface area contributed by atoms with Crippen molar-refractivity contribution in [1.29, 1.82) is 0 Å². The van der Waals surface area contributed by atoms with Crippen LogP contribution in [0.15, 0.2) is 6.07 Å². The molecule has 0 aromatic carbocycles. The first-order valence-electron chi connectivity index (χ1n) is 5.91. The lowest BCUT2D eigenvalue weighted by molar-refractivity contribution is -0.385. The van der Waals surface area contributed by atoms with Crippen LogP contribution in [0.4, 0.5) is 5.69 Å². The molecule has 1 aromatic heterocycles. The Kier molecular flexibility index (Phi) is 5.91. The highest BCUT2D eigenvalue weighted by Gasteiger charge is 2.22. The largest absolute Gasteiger partial charge is 0.477 e. The number of ketones is 1. The molecule has 0 saturated carbocycles. The van der Waals surface area contributed by atoms with Crippen molar-refractivity contribution in [3.63, 3.8) is 0 Å². The van der Waals surface area contributed by atoms with Crippen molar-refractivity contribution in [2.45, 2.75) is 20.8 Å². The van der Waals surface area contributed by atoms with Gasteiger partial charge in [-0.3, -0.25) is 14.9 Å². The molecular formula is C12H17NO5S. The number of Topliss-reactive ketones (excluding diaryl/α,β-unsaturated/α-hetero) is 1. The standard InChI is InChI=1S/C12H17NO5S/c1-8(2)7-17-4-5-18-12-10(13(15)16)6-11(19-12)9(3)14/h6,8H,4-5,7H2,1-3H3. The van der Waals surface area contributed by atoms with Crippen LogP contribution in [-0.2, 0) is 4.74 Å². The van der Waals surface area contributed by atoms with Crippen LogP contribution in [0.1, 0.15) is 30.4 Å². The molecule has 0 atom stereocenters. The monoisotopic (exact) mass is 287 g/mol. The van der Waals surface area contributed by atoms with E-state index in [0.717, 1.165) is 11.3 Å². The third-order valence-corrected chi connectivity index (χ3v) is 3.27. The van der Waals surface area contributed by atoms with Crippen LogP contribution in [0.5, 0.6) is 5.06 Å². The fourth-order valence-corrected chi connectivity index (χ4v) is 2.18. The predicted molar refractivity (Wildman–Crippen MR) is 72.1 cm³/mol. The van der Waals surface area contributed by atoms with Crippen LogP contribution in [0.2, 0.25) is 0 Å². The summed E-state index contributed by atoms with van der Waals surface area (Å²) in [5.41, 5.74) is -0.168. The van der Waals surface area contributed by atoms with E-state index in [1.54, 1.807) is 0 Å².